The lowest BCUT2D eigenvalue weighted by atomic mass is 9.91. The van der Waals surface area contributed by atoms with E-state index in [-0.39, 0.29) is 11.6 Å². The van der Waals surface area contributed by atoms with Gasteiger partial charge in [-0.1, -0.05) is 66.7 Å². The van der Waals surface area contributed by atoms with Crippen molar-refractivity contribution in [1.82, 2.24) is 10.3 Å². The molecule has 1 N–H and O–H groups in total. The molecule has 2 nitrogen and oxygen atoms in total. The molecule has 0 radical (unpaired) electrons. The topological polar surface area (TPSA) is 24.9 Å². The summed E-state index contributed by atoms with van der Waals surface area (Å²) in [6.45, 7) is 6.60. The number of rotatable bonds is 4. The normalized spacial score (nSPS) is 14.5. The van der Waals surface area contributed by atoms with Crippen LogP contribution in [0, 0.1) is 0 Å². The molecule has 4 rings (SSSR count). The highest BCUT2D eigenvalue weighted by atomic mass is 15.0. The largest absolute Gasteiger partial charge is 0.300 e. The smallest absolute Gasteiger partial charge is 0.0755 e. The third kappa shape index (κ3) is 4.07. The predicted octanol–water partition coefficient (Wildman–Crippen LogP) is 6.19. The Labute approximate surface area is 168 Å². The third-order valence-electron chi connectivity index (χ3n) is 5.11. The number of pyridine rings is 1. The Kier molecular flexibility index (Phi) is 5.15. The minimum atomic E-state index is -0.0210. The van der Waals surface area contributed by atoms with Crippen molar-refractivity contribution in [1.29, 1.82) is 0 Å². The number of nitrogens with zero attached hydrogens (tertiary/aromatic N) is 1. The molecule has 1 aliphatic carbocycles. The number of hydrogen-bond acceptors (Lipinski definition) is 2. The van der Waals surface area contributed by atoms with Crippen molar-refractivity contribution >= 4 is 6.08 Å². The minimum Gasteiger partial charge on any atom is -0.300 e. The molecule has 2 aromatic carbocycles. The van der Waals surface area contributed by atoms with Crippen LogP contribution in [0.5, 0.6) is 0 Å². The number of benzene rings is 2. The maximum atomic E-state index is 5.12. The first kappa shape index (κ1) is 18.6. The fourth-order valence-electron chi connectivity index (χ4n) is 3.86. The zero-order chi connectivity index (χ0) is 19.6. The van der Waals surface area contributed by atoms with Crippen molar-refractivity contribution < 1.29 is 0 Å². The van der Waals surface area contributed by atoms with Crippen LogP contribution < -0.4 is 5.32 Å². The van der Waals surface area contributed by atoms with Gasteiger partial charge in [0.1, 0.15) is 0 Å². The molecule has 0 amide bonds. The van der Waals surface area contributed by atoms with E-state index in [1.165, 1.54) is 22.3 Å². The summed E-state index contributed by atoms with van der Waals surface area (Å²) >= 11 is 0. The fraction of sp³-hybridized carbons (Fsp3) is 0.269. The van der Waals surface area contributed by atoms with E-state index in [4.69, 9.17) is 4.98 Å². The molecule has 0 spiro atoms. The Morgan fingerprint density at radius 3 is 2.46 bits per heavy atom. The first-order valence-corrected chi connectivity index (χ1v) is 10.1. The lowest BCUT2D eigenvalue weighted by molar-refractivity contribution is 0.387. The first-order chi connectivity index (χ1) is 13.5. The molecule has 28 heavy (non-hydrogen) atoms. The summed E-state index contributed by atoms with van der Waals surface area (Å²) in [5, 5.41) is 3.75. The first-order valence-electron chi connectivity index (χ1n) is 10.1. The highest BCUT2D eigenvalue weighted by Crippen LogP contribution is 2.31. The molecule has 0 aliphatic heterocycles. The van der Waals surface area contributed by atoms with Gasteiger partial charge in [-0.3, -0.25) is 4.98 Å². The number of fused-ring (bicyclic) bond motifs is 1. The van der Waals surface area contributed by atoms with Gasteiger partial charge in [-0.15, -0.1) is 0 Å². The van der Waals surface area contributed by atoms with Crippen molar-refractivity contribution in [2.24, 2.45) is 0 Å². The molecule has 1 unspecified atom stereocenters. The molecular formula is C26H28N2. The van der Waals surface area contributed by atoms with Gasteiger partial charge in [-0.2, -0.15) is 0 Å². The maximum absolute atomic E-state index is 5.12. The molecule has 2 heteroatoms. The maximum Gasteiger partial charge on any atom is 0.0755 e. The second-order valence-corrected chi connectivity index (χ2v) is 8.51. The zero-order valence-electron chi connectivity index (χ0n) is 16.9. The quantitative estimate of drug-likeness (QED) is 0.594. The second-order valence-electron chi connectivity index (χ2n) is 8.51. The van der Waals surface area contributed by atoms with Gasteiger partial charge in [0.2, 0.25) is 0 Å². The molecule has 1 heterocycles. The van der Waals surface area contributed by atoms with Gasteiger partial charge in [0.25, 0.3) is 0 Å². The van der Waals surface area contributed by atoms with Crippen LogP contribution in [0.25, 0.3) is 17.3 Å². The van der Waals surface area contributed by atoms with E-state index < -0.39 is 0 Å². The molecule has 0 bridgehead atoms. The minimum absolute atomic E-state index is 0.0210. The Bertz CT molecular complexity index is 981. The lowest BCUT2D eigenvalue weighted by Gasteiger charge is -2.29. The molecule has 0 saturated carbocycles. The molecule has 0 fully saturated rings. The van der Waals surface area contributed by atoms with Crippen molar-refractivity contribution in [2.45, 2.75) is 45.2 Å². The van der Waals surface area contributed by atoms with Crippen LogP contribution in [0.1, 0.15) is 55.6 Å². The van der Waals surface area contributed by atoms with Crippen molar-refractivity contribution in [3.8, 4) is 11.3 Å². The highest BCUT2D eigenvalue weighted by molar-refractivity contribution is 5.76. The van der Waals surface area contributed by atoms with Crippen molar-refractivity contribution in [3.63, 3.8) is 0 Å². The summed E-state index contributed by atoms with van der Waals surface area (Å²) in [6.07, 6.45) is 6.75. The predicted molar refractivity (Wildman–Crippen MR) is 118 cm³/mol. The summed E-state index contributed by atoms with van der Waals surface area (Å²) in [6, 6.07) is 23.6. The van der Waals surface area contributed by atoms with Crippen LogP contribution in [0.4, 0.5) is 0 Å². The van der Waals surface area contributed by atoms with Gasteiger partial charge >= 0.3 is 0 Å². The van der Waals surface area contributed by atoms with E-state index in [0.717, 1.165) is 24.2 Å². The number of aryl methyl sites for hydroxylation is 1. The van der Waals surface area contributed by atoms with Crippen LogP contribution >= 0.6 is 0 Å². The summed E-state index contributed by atoms with van der Waals surface area (Å²) in [5.74, 6) is 0. The average molecular weight is 369 g/mol. The van der Waals surface area contributed by atoms with Crippen molar-refractivity contribution in [3.05, 3.63) is 95.2 Å². The Hall–Kier alpha value is -2.71. The Morgan fingerprint density at radius 2 is 1.68 bits per heavy atom. The molecule has 1 atom stereocenters. The zero-order valence-corrected chi connectivity index (χ0v) is 16.9. The standard InChI is InChI=1S/C26H28N2/c1-26(2,3)28-25(20-12-5-4-6-13-20)24-18-10-17-23(27-24)22-16-9-14-19-11-7-8-15-21(19)22/h4-6,8-10,12-18,25,28H,7,11H2,1-3H3. The summed E-state index contributed by atoms with van der Waals surface area (Å²) in [4.78, 5) is 5.12. The molecular weight excluding hydrogens is 340 g/mol. The van der Waals surface area contributed by atoms with Crippen LogP contribution in [-0.2, 0) is 6.42 Å². The van der Waals surface area contributed by atoms with Gasteiger partial charge < -0.3 is 5.32 Å². The lowest BCUT2D eigenvalue weighted by Crippen LogP contribution is -2.39. The summed E-state index contributed by atoms with van der Waals surface area (Å²) in [7, 11) is 0. The van der Waals surface area contributed by atoms with Crippen LogP contribution in [-0.4, -0.2) is 10.5 Å². The van der Waals surface area contributed by atoms with Gasteiger partial charge in [0.15, 0.2) is 0 Å². The second kappa shape index (κ2) is 7.73. The molecule has 1 aliphatic rings. The van der Waals surface area contributed by atoms with Crippen molar-refractivity contribution in [2.75, 3.05) is 0 Å². The summed E-state index contributed by atoms with van der Waals surface area (Å²) < 4.78 is 0. The molecule has 0 saturated heterocycles. The Balaban J connectivity index is 1.78. The highest BCUT2D eigenvalue weighted by Gasteiger charge is 2.22. The van der Waals surface area contributed by atoms with E-state index in [1.54, 1.807) is 0 Å². The Morgan fingerprint density at radius 1 is 0.893 bits per heavy atom. The molecule has 142 valence electrons. The SMILES string of the molecule is CC(C)(C)NC(c1ccccc1)c1cccc(-c2cccc3c2C=CCC3)n1. The number of aromatic nitrogens is 1. The molecule has 3 aromatic rings. The van der Waals surface area contributed by atoms with E-state index in [2.05, 4.69) is 105 Å². The van der Waals surface area contributed by atoms with Crippen LogP contribution in [0.15, 0.2) is 72.8 Å². The van der Waals surface area contributed by atoms with Gasteiger partial charge in [-0.25, -0.2) is 0 Å². The van der Waals surface area contributed by atoms with Crippen LogP contribution in [0.3, 0.4) is 0 Å². The number of allylic oxidation sites excluding steroid dienone is 1. The summed E-state index contributed by atoms with van der Waals surface area (Å²) in [5.41, 5.74) is 7.26. The monoisotopic (exact) mass is 368 g/mol. The average Bonchev–Trinajstić information content (AvgIpc) is 2.72. The van der Waals surface area contributed by atoms with Crippen LogP contribution in [0.2, 0.25) is 0 Å². The number of nitrogens with one attached hydrogen (secondary N) is 1. The van der Waals surface area contributed by atoms with E-state index >= 15 is 0 Å². The van der Waals surface area contributed by atoms with Gasteiger partial charge in [0.05, 0.1) is 17.4 Å². The fourth-order valence-corrected chi connectivity index (χ4v) is 3.86. The number of hydrogen-bond donors (Lipinski definition) is 1. The van der Waals surface area contributed by atoms with Gasteiger partial charge in [-0.05, 0) is 62.4 Å². The van der Waals surface area contributed by atoms with E-state index in [1.807, 2.05) is 0 Å². The molecule has 1 aromatic heterocycles. The van der Waals surface area contributed by atoms with E-state index in [9.17, 15) is 0 Å². The van der Waals surface area contributed by atoms with Gasteiger partial charge in [0, 0.05) is 11.1 Å². The van der Waals surface area contributed by atoms with E-state index in [0.29, 0.717) is 0 Å². The third-order valence-corrected chi connectivity index (χ3v) is 5.11.